The van der Waals surface area contributed by atoms with Crippen LogP contribution in [0, 0.1) is 17.8 Å². The Balaban J connectivity index is 1.00. The molecule has 0 unspecified atom stereocenters. The van der Waals surface area contributed by atoms with E-state index >= 15 is 0 Å². The molecule has 24 heteroatoms. The van der Waals surface area contributed by atoms with E-state index in [1.165, 1.54) is 50.4 Å². The first kappa shape index (κ1) is 67.0. The molecule has 0 radical (unpaired) electrons. The van der Waals surface area contributed by atoms with Gasteiger partial charge in [-0.15, -0.1) is 5.10 Å². The van der Waals surface area contributed by atoms with E-state index in [4.69, 9.17) is 33.2 Å². The van der Waals surface area contributed by atoms with Gasteiger partial charge in [-0.2, -0.15) is 0 Å². The zero-order chi connectivity index (χ0) is 61.8. The van der Waals surface area contributed by atoms with E-state index in [-0.39, 0.29) is 54.4 Å². The van der Waals surface area contributed by atoms with Crippen LogP contribution in [0.15, 0.2) is 59.6 Å². The van der Waals surface area contributed by atoms with Crippen molar-refractivity contribution in [3.05, 3.63) is 71.5 Å². The zero-order valence-electron chi connectivity index (χ0n) is 51.1. The summed E-state index contributed by atoms with van der Waals surface area (Å²) in [6.45, 7) is 19.2. The number of likely N-dealkylation sites (N-methyl/N-ethyl adjacent to an activating group) is 2. The first-order valence-electron chi connectivity index (χ1n) is 29.5. The van der Waals surface area contributed by atoms with Gasteiger partial charge in [-0.25, -0.2) is 8.42 Å². The van der Waals surface area contributed by atoms with Gasteiger partial charge in [0.2, 0.25) is 0 Å². The lowest BCUT2D eigenvalue weighted by molar-refractivity contribution is -0.301. The van der Waals surface area contributed by atoms with Crippen LogP contribution in [0.3, 0.4) is 0 Å². The summed E-state index contributed by atoms with van der Waals surface area (Å²) in [7, 11) is 1.22. The predicted octanol–water partition coefficient (Wildman–Crippen LogP) is 3.64. The third kappa shape index (κ3) is 15.2. The lowest BCUT2D eigenvalue weighted by Gasteiger charge is -2.48. The molecule has 0 spiro atoms. The highest BCUT2D eigenvalue weighted by Gasteiger charge is 2.52. The van der Waals surface area contributed by atoms with E-state index in [1.54, 1.807) is 58.4 Å². The molecule has 2 aromatic carbocycles. The molecule has 84 heavy (non-hydrogen) atoms. The number of methoxy groups -OCH3 is 1. The molecule has 5 heterocycles. The molecule has 18 atom stereocenters. The average Bonchev–Trinajstić information content (AvgIpc) is 3.95. The smallest absolute Gasteiger partial charge is 0.311 e. The molecule has 4 aliphatic heterocycles. The lowest BCUT2D eigenvalue weighted by Crippen LogP contribution is -2.60. The van der Waals surface area contributed by atoms with Gasteiger partial charge < -0.3 is 68.5 Å². The number of aliphatic hydroxyl groups is 5. The van der Waals surface area contributed by atoms with Crippen LogP contribution >= 0.6 is 0 Å². The maximum Gasteiger partial charge on any atom is 0.311 e. The SMILES string of the molecule is CC[C@H]1OC(=O)[C@H](C)[C@@H](OC[C@H]2C[C@@](C)(OC)[C@@H](O)[C@H](C)O2)[C@H](C)[C@@H](O[C@@H]2O[C@H](C)C[C@H](N(C)CCc3cn(CCCOc4ccc(S(=O)(=O)CN5C(=O)c6ccccc6C5=O)cc4)nn3)[C@H]2O)[C@](C)(O)C[C@@H](C)CN(C)[C@H](C)[C@@H](O)[C@]1(C)O. The Kier molecular flexibility index (Phi) is 22.1. The third-order valence-corrected chi connectivity index (χ3v) is 19.4. The molecule has 0 aliphatic carbocycles. The van der Waals surface area contributed by atoms with Gasteiger partial charge >= 0.3 is 5.97 Å². The van der Waals surface area contributed by atoms with Gasteiger partial charge in [-0.1, -0.05) is 38.1 Å². The van der Waals surface area contributed by atoms with Crippen molar-refractivity contribution in [2.45, 2.75) is 209 Å². The average molecular weight is 1200 g/mol. The fourth-order valence-electron chi connectivity index (χ4n) is 12.7. The number of hydrogen-bond acceptors (Lipinski definition) is 21. The molecule has 4 aliphatic rings. The Labute approximate surface area is 494 Å². The Bertz CT molecular complexity index is 2770. The van der Waals surface area contributed by atoms with E-state index in [0.29, 0.717) is 44.6 Å². The predicted molar refractivity (Wildman–Crippen MR) is 307 cm³/mol. The Morgan fingerprint density at radius 2 is 1.55 bits per heavy atom. The summed E-state index contributed by atoms with van der Waals surface area (Å²) < 4.78 is 72.3. The fourth-order valence-corrected chi connectivity index (χ4v) is 14.0. The zero-order valence-corrected chi connectivity index (χ0v) is 51.9. The number of amides is 2. The van der Waals surface area contributed by atoms with Crippen LogP contribution in [-0.4, -0.2) is 225 Å². The van der Waals surface area contributed by atoms with Crippen LogP contribution in [0.25, 0.3) is 0 Å². The highest BCUT2D eigenvalue weighted by molar-refractivity contribution is 7.91. The van der Waals surface area contributed by atoms with Crippen LogP contribution in [-0.2, 0) is 56.0 Å². The van der Waals surface area contributed by atoms with Gasteiger partial charge in [0, 0.05) is 70.2 Å². The Morgan fingerprint density at radius 3 is 2.18 bits per heavy atom. The van der Waals surface area contributed by atoms with Crippen molar-refractivity contribution in [3.8, 4) is 5.75 Å². The molecular weight excluding hydrogens is 1110 g/mol. The summed E-state index contributed by atoms with van der Waals surface area (Å²) in [6, 6.07) is 11.0. The minimum Gasteiger partial charge on any atom is -0.494 e. The minimum atomic E-state index is -4.03. The highest BCUT2D eigenvalue weighted by Crippen LogP contribution is 2.39. The summed E-state index contributed by atoms with van der Waals surface area (Å²) in [5.74, 6) is -4.40. The quantitative estimate of drug-likeness (QED) is 0.0650. The van der Waals surface area contributed by atoms with Crippen molar-refractivity contribution in [1.82, 2.24) is 29.7 Å². The fraction of sp³-hybridized carbons (Fsp3) is 0.717. The number of ether oxygens (including phenoxy) is 7. The number of aromatic nitrogens is 3. The summed E-state index contributed by atoms with van der Waals surface area (Å²) in [5.41, 5.74) is -3.39. The van der Waals surface area contributed by atoms with Gasteiger partial charge in [0.15, 0.2) is 16.1 Å². The van der Waals surface area contributed by atoms with Crippen LogP contribution < -0.4 is 4.74 Å². The number of esters is 1. The monoisotopic (exact) mass is 1200 g/mol. The number of hydrogen-bond donors (Lipinski definition) is 5. The maximum absolute atomic E-state index is 14.5. The molecule has 3 aromatic rings. The summed E-state index contributed by atoms with van der Waals surface area (Å²) >= 11 is 0. The van der Waals surface area contributed by atoms with Crippen LogP contribution in [0.2, 0.25) is 0 Å². The molecule has 3 fully saturated rings. The number of benzene rings is 2. The molecule has 1 aromatic heterocycles. The first-order valence-corrected chi connectivity index (χ1v) is 31.1. The number of carbonyl (C=O) groups excluding carboxylic acids is 3. The van der Waals surface area contributed by atoms with Gasteiger partial charge in [0.05, 0.1) is 82.6 Å². The molecule has 23 nitrogen and oxygen atoms in total. The number of aliphatic hydroxyl groups excluding tert-OH is 3. The first-order chi connectivity index (χ1) is 39.4. The van der Waals surface area contributed by atoms with Crippen LogP contribution in [0.5, 0.6) is 5.75 Å². The second kappa shape index (κ2) is 27.7. The normalized spacial score (nSPS) is 36.1. The standard InChI is InChI=1S/C60H92N6O17S/c1-14-48-60(10,74)51(68)39(6)64(12)31-35(2)29-58(8,73)53(37(4)50(38(5)56(72)82-48)79-33-43-30-59(9,77-13)52(69)40(7)81-43)83-57-49(67)47(28-36(3)80-57)63(11)26-24-41-32-65(62-61-41)25-17-27-78-42-20-22-44(23-21-42)84(75,76)34-66-54(70)45-18-15-16-19-46(45)55(66)71/h15-16,18-23,32,35-40,43,47-53,57,67-69,73-74H,14,17,24-31,33-34H2,1-13H3/t35-,36-,37+,38-,39-,40+,43-,47+,48-,49-,50+,51-,52+,53-,57+,58-,59-,60-/m1/s1. The lowest BCUT2D eigenvalue weighted by atomic mass is 9.77. The molecule has 470 valence electrons. The Hall–Kier alpha value is -4.54. The maximum atomic E-state index is 14.5. The van der Waals surface area contributed by atoms with Gasteiger partial charge in [-0.05, 0) is 124 Å². The minimum absolute atomic E-state index is 0.0411. The van der Waals surface area contributed by atoms with Gasteiger partial charge in [0.25, 0.3) is 11.8 Å². The molecule has 2 amide bonds. The third-order valence-electron chi connectivity index (χ3n) is 17.8. The van der Waals surface area contributed by atoms with E-state index in [0.717, 1.165) is 10.6 Å². The molecular formula is C60H92N6O17S. The molecule has 0 bridgehead atoms. The van der Waals surface area contributed by atoms with Crippen LogP contribution in [0.1, 0.15) is 128 Å². The number of imide groups is 1. The number of fused-ring (bicyclic) bond motifs is 1. The number of rotatable bonds is 19. The van der Waals surface area contributed by atoms with E-state index in [2.05, 4.69) is 10.3 Å². The largest absolute Gasteiger partial charge is 0.494 e. The summed E-state index contributed by atoms with van der Waals surface area (Å²) in [5, 5.41) is 68.4. The number of sulfone groups is 1. The summed E-state index contributed by atoms with van der Waals surface area (Å²) in [4.78, 5) is 44.7. The summed E-state index contributed by atoms with van der Waals surface area (Å²) in [6.07, 6.45) is -5.56. The number of nitrogens with zero attached hydrogens (tertiary/aromatic N) is 6. The number of carbonyl (C=O) groups is 3. The topological polar surface area (TPSA) is 292 Å². The number of aryl methyl sites for hydroxylation is 1. The molecule has 5 N–H and O–H groups in total. The highest BCUT2D eigenvalue weighted by atomic mass is 32.2. The van der Waals surface area contributed by atoms with Crippen molar-refractivity contribution in [2.75, 3.05) is 53.4 Å². The van der Waals surface area contributed by atoms with E-state index in [9.17, 15) is 48.3 Å². The van der Waals surface area contributed by atoms with Crippen molar-refractivity contribution in [2.24, 2.45) is 17.8 Å². The second-order valence-corrected chi connectivity index (χ2v) is 26.8. The van der Waals surface area contributed by atoms with E-state index < -0.39 is 135 Å². The van der Waals surface area contributed by atoms with E-state index in [1.807, 2.05) is 50.9 Å². The van der Waals surface area contributed by atoms with Crippen molar-refractivity contribution >= 4 is 27.6 Å². The van der Waals surface area contributed by atoms with Gasteiger partial charge in [-0.3, -0.25) is 24.0 Å². The van der Waals surface area contributed by atoms with Crippen molar-refractivity contribution in [1.29, 1.82) is 0 Å². The van der Waals surface area contributed by atoms with Gasteiger partial charge in [0.1, 0.15) is 41.6 Å². The Morgan fingerprint density at radius 1 is 0.893 bits per heavy atom. The number of cyclic esters (lactones) is 1. The molecule has 3 saturated heterocycles. The molecule has 7 rings (SSSR count). The second-order valence-electron chi connectivity index (χ2n) is 24.8. The van der Waals surface area contributed by atoms with Crippen molar-refractivity contribution in [3.63, 3.8) is 0 Å². The van der Waals surface area contributed by atoms with Crippen LogP contribution in [0.4, 0.5) is 0 Å². The van der Waals surface area contributed by atoms with Crippen molar-refractivity contribution < 1.29 is 81.5 Å². The molecule has 0 saturated carbocycles.